The van der Waals surface area contributed by atoms with Crippen LogP contribution in [0.3, 0.4) is 0 Å². The zero-order chi connectivity index (χ0) is 28.6. The minimum atomic E-state index is -1.16. The molecule has 0 aliphatic carbocycles. The van der Waals surface area contributed by atoms with Crippen LogP contribution in [0, 0.1) is 0 Å². The number of methoxy groups -OCH3 is 1. The van der Waals surface area contributed by atoms with Crippen LogP contribution in [0.5, 0.6) is 17.2 Å². The van der Waals surface area contributed by atoms with Gasteiger partial charge in [0.05, 0.1) is 30.6 Å². The molecule has 0 saturated carbocycles. The summed E-state index contributed by atoms with van der Waals surface area (Å²) in [6, 6.07) is 18.8. The topological polar surface area (TPSA) is 168 Å². The van der Waals surface area contributed by atoms with Crippen molar-refractivity contribution in [2.45, 2.75) is 12.3 Å². The number of esters is 1. The van der Waals surface area contributed by atoms with E-state index in [1.54, 1.807) is 48.5 Å². The molecule has 0 amide bonds. The van der Waals surface area contributed by atoms with E-state index in [1.165, 1.54) is 25.3 Å². The molecule has 202 valence electrons. The molecule has 0 fully saturated rings. The first-order valence-corrected chi connectivity index (χ1v) is 12.0. The summed E-state index contributed by atoms with van der Waals surface area (Å²) in [4.78, 5) is 37.1. The van der Waals surface area contributed by atoms with Crippen molar-refractivity contribution in [1.82, 2.24) is 0 Å². The second kappa shape index (κ2) is 10.3. The van der Waals surface area contributed by atoms with E-state index in [9.17, 15) is 34.8 Å². The number of phenolic OH excluding ortho intramolecular Hbond substituents is 3. The molecule has 2 aromatic heterocycles. The third kappa shape index (κ3) is 4.62. The van der Waals surface area contributed by atoms with Crippen molar-refractivity contribution >= 4 is 22.9 Å². The summed E-state index contributed by atoms with van der Waals surface area (Å²) in [7, 11) is 1.17. The maximum Gasteiger partial charge on any atom is 0.335 e. The lowest BCUT2D eigenvalue weighted by Crippen LogP contribution is -2.12. The molecule has 0 saturated heterocycles. The number of carbonyl (C=O) groups excluding carboxylic acids is 1. The van der Waals surface area contributed by atoms with Crippen LogP contribution in [0.4, 0.5) is 0 Å². The number of hydrogen-bond donors (Lipinski definition) is 4. The number of ether oxygens (including phenoxy) is 1. The molecule has 40 heavy (non-hydrogen) atoms. The van der Waals surface area contributed by atoms with Crippen LogP contribution in [0.15, 0.2) is 86.4 Å². The molecule has 10 heteroatoms. The van der Waals surface area contributed by atoms with Crippen molar-refractivity contribution in [2.24, 2.45) is 0 Å². The number of hydrogen-bond acceptors (Lipinski definition) is 9. The Morgan fingerprint density at radius 2 is 1.55 bits per heavy atom. The van der Waals surface area contributed by atoms with Gasteiger partial charge in [0.1, 0.15) is 28.2 Å². The summed E-state index contributed by atoms with van der Waals surface area (Å²) < 4.78 is 16.9. The van der Waals surface area contributed by atoms with E-state index in [0.29, 0.717) is 11.1 Å². The van der Waals surface area contributed by atoms with Crippen LogP contribution >= 0.6 is 0 Å². The summed E-state index contributed by atoms with van der Waals surface area (Å²) >= 11 is 0. The lowest BCUT2D eigenvalue weighted by Gasteiger charge is -2.19. The molecule has 0 unspecified atom stereocenters. The summed E-state index contributed by atoms with van der Waals surface area (Å²) in [6.07, 6.45) is -0.412. The Balaban J connectivity index is 1.76. The Morgan fingerprint density at radius 3 is 2.25 bits per heavy atom. The van der Waals surface area contributed by atoms with Gasteiger partial charge in [-0.3, -0.25) is 9.59 Å². The minimum absolute atomic E-state index is 0.0314. The van der Waals surface area contributed by atoms with Crippen molar-refractivity contribution < 1.29 is 43.6 Å². The highest BCUT2D eigenvalue weighted by Gasteiger charge is 2.33. The molecule has 5 rings (SSSR count). The predicted molar refractivity (Wildman–Crippen MR) is 142 cm³/mol. The largest absolute Gasteiger partial charge is 0.504 e. The Morgan fingerprint density at radius 1 is 0.825 bits per heavy atom. The third-order valence-corrected chi connectivity index (χ3v) is 6.50. The number of carboxylic acid groups (broad SMARTS) is 1. The number of carboxylic acids is 1. The Labute approximate surface area is 225 Å². The Hall–Kier alpha value is -5.51. The van der Waals surface area contributed by atoms with E-state index in [-0.39, 0.29) is 34.0 Å². The third-order valence-electron chi connectivity index (χ3n) is 6.50. The van der Waals surface area contributed by atoms with Crippen molar-refractivity contribution in [3.05, 3.63) is 99.9 Å². The van der Waals surface area contributed by atoms with Gasteiger partial charge in [-0.25, -0.2) is 4.79 Å². The first-order valence-electron chi connectivity index (χ1n) is 12.0. The van der Waals surface area contributed by atoms with Crippen molar-refractivity contribution in [1.29, 1.82) is 0 Å². The molecular formula is C30H22O10. The maximum atomic E-state index is 13.1. The number of aromatic hydroxyl groups is 3. The smallest absolute Gasteiger partial charge is 0.335 e. The van der Waals surface area contributed by atoms with Crippen LogP contribution in [-0.2, 0) is 9.53 Å². The van der Waals surface area contributed by atoms with E-state index in [4.69, 9.17) is 13.6 Å². The average Bonchev–Trinajstić information content (AvgIpc) is 3.46. The van der Waals surface area contributed by atoms with Crippen molar-refractivity contribution in [3.63, 3.8) is 0 Å². The summed E-state index contributed by atoms with van der Waals surface area (Å²) in [6.45, 7) is 0. The lowest BCUT2D eigenvalue weighted by molar-refractivity contribution is -0.140. The summed E-state index contributed by atoms with van der Waals surface area (Å²) in [5.74, 6) is -5.20. The van der Waals surface area contributed by atoms with Crippen LogP contribution in [0.1, 0.15) is 34.0 Å². The quantitative estimate of drug-likeness (QED) is 0.158. The van der Waals surface area contributed by atoms with Gasteiger partial charge in [0, 0.05) is 17.2 Å². The highest BCUT2D eigenvalue weighted by Crippen LogP contribution is 2.49. The van der Waals surface area contributed by atoms with Crippen LogP contribution in [0.25, 0.3) is 33.6 Å². The Bertz CT molecular complexity index is 1810. The van der Waals surface area contributed by atoms with Gasteiger partial charge in [0.25, 0.3) is 0 Å². The van der Waals surface area contributed by atoms with Crippen molar-refractivity contribution in [2.75, 3.05) is 7.11 Å². The highest BCUT2D eigenvalue weighted by atomic mass is 16.5. The van der Waals surface area contributed by atoms with Gasteiger partial charge >= 0.3 is 11.9 Å². The van der Waals surface area contributed by atoms with Crippen LogP contribution in [0.2, 0.25) is 0 Å². The molecule has 5 aromatic rings. The predicted octanol–water partition coefficient (Wildman–Crippen LogP) is 5.23. The molecule has 0 aliphatic heterocycles. The fraction of sp³-hybridized carbons (Fsp3) is 0.100. The second-order valence-corrected chi connectivity index (χ2v) is 8.93. The monoisotopic (exact) mass is 542 g/mol. The normalized spacial score (nSPS) is 11.8. The minimum Gasteiger partial charge on any atom is -0.504 e. The van der Waals surface area contributed by atoms with Gasteiger partial charge in [-0.15, -0.1) is 0 Å². The standard InChI is InChI=1S/C30H22O10/c1-38-23(32)13-18(21-11-10-20(39-21)16-8-5-9-17(12-16)30(36)37)24-26(33)28(35)27(34)25-19(31)14-22(40-29(24)25)15-6-3-2-4-7-15/h2-12,14,18,33-35H,13H2,1H3,(H,36,37)/t18-/m0/s1. The molecule has 0 radical (unpaired) electrons. The number of phenols is 3. The van der Waals surface area contributed by atoms with Crippen LogP contribution < -0.4 is 5.43 Å². The molecule has 1 atom stereocenters. The maximum absolute atomic E-state index is 13.1. The number of rotatable bonds is 7. The van der Waals surface area contributed by atoms with Gasteiger partial charge < -0.3 is 34.0 Å². The number of carbonyl (C=O) groups is 2. The summed E-state index contributed by atoms with van der Waals surface area (Å²) in [5.41, 5.74) is -0.156. The van der Waals surface area contributed by atoms with Gasteiger partial charge in [-0.1, -0.05) is 42.5 Å². The van der Waals surface area contributed by atoms with Crippen molar-refractivity contribution in [3.8, 4) is 39.9 Å². The SMILES string of the molecule is COC(=O)C[C@@H](c1ccc(-c2cccc(C(=O)O)c2)o1)c1c(O)c(O)c(O)c2c(=O)cc(-c3ccccc3)oc12. The van der Waals surface area contributed by atoms with E-state index < -0.39 is 52.3 Å². The van der Waals surface area contributed by atoms with E-state index in [1.807, 2.05) is 0 Å². The second-order valence-electron chi connectivity index (χ2n) is 8.93. The molecule has 3 aromatic carbocycles. The molecule has 0 spiro atoms. The fourth-order valence-electron chi connectivity index (χ4n) is 4.54. The molecule has 10 nitrogen and oxygen atoms in total. The van der Waals surface area contributed by atoms with Gasteiger partial charge in [0.2, 0.25) is 5.75 Å². The van der Waals surface area contributed by atoms with E-state index in [2.05, 4.69) is 0 Å². The fourth-order valence-corrected chi connectivity index (χ4v) is 4.54. The number of benzene rings is 3. The number of fused-ring (bicyclic) bond motifs is 1. The molecular weight excluding hydrogens is 520 g/mol. The summed E-state index contributed by atoms with van der Waals surface area (Å²) in [5, 5.41) is 41.1. The lowest BCUT2D eigenvalue weighted by atomic mass is 9.90. The zero-order valence-electron chi connectivity index (χ0n) is 21.0. The zero-order valence-corrected chi connectivity index (χ0v) is 21.0. The van der Waals surface area contributed by atoms with Gasteiger partial charge in [0.15, 0.2) is 16.9 Å². The van der Waals surface area contributed by atoms with Gasteiger partial charge in [-0.05, 0) is 24.3 Å². The number of aromatic carboxylic acids is 1. The molecule has 0 bridgehead atoms. The number of furan rings is 1. The first-order chi connectivity index (χ1) is 19.2. The van der Waals surface area contributed by atoms with E-state index >= 15 is 0 Å². The molecule has 0 aliphatic rings. The van der Waals surface area contributed by atoms with E-state index in [0.717, 1.165) is 6.07 Å². The van der Waals surface area contributed by atoms with Gasteiger partial charge in [-0.2, -0.15) is 0 Å². The van der Waals surface area contributed by atoms with Crippen LogP contribution in [-0.4, -0.2) is 39.5 Å². The molecule has 2 heterocycles. The first kappa shape index (κ1) is 26.1. The average molecular weight is 542 g/mol. The Kier molecular flexibility index (Phi) is 6.75. The molecule has 4 N–H and O–H groups in total. The highest BCUT2D eigenvalue weighted by molar-refractivity contribution is 5.94.